The van der Waals surface area contributed by atoms with Gasteiger partial charge in [0.1, 0.15) is 6.04 Å². The molecular formula is C11H24NO4P. The minimum atomic E-state index is -0.349. The van der Waals surface area contributed by atoms with E-state index in [2.05, 4.69) is 5.09 Å². The fourth-order valence-corrected chi connectivity index (χ4v) is 1.66. The number of carbonyl (C=O) groups excluding carboxylic acids is 1. The van der Waals surface area contributed by atoms with Crippen molar-refractivity contribution in [2.24, 2.45) is 0 Å². The van der Waals surface area contributed by atoms with Gasteiger partial charge in [-0.3, -0.25) is 9.88 Å². The molecular weight excluding hydrogens is 241 g/mol. The second-order valence-corrected chi connectivity index (χ2v) is 4.81. The Hall–Kier alpha value is -0.220. The molecule has 0 aliphatic rings. The molecule has 6 heteroatoms. The van der Waals surface area contributed by atoms with Crippen LogP contribution in [0.1, 0.15) is 34.1 Å². The highest BCUT2D eigenvalue weighted by Gasteiger charge is 2.15. The second-order valence-electron chi connectivity index (χ2n) is 4.03. The van der Waals surface area contributed by atoms with E-state index in [-0.39, 0.29) is 33.2 Å². The molecule has 102 valence electrons. The summed E-state index contributed by atoms with van der Waals surface area (Å²) in [4.78, 5) is 11.4. The minimum Gasteiger partial charge on any atom is -0.462 e. The van der Waals surface area contributed by atoms with Gasteiger partial charge in [0.25, 0.3) is 0 Å². The molecule has 0 spiro atoms. The van der Waals surface area contributed by atoms with E-state index >= 15 is 0 Å². The molecule has 0 saturated heterocycles. The third-order valence-corrected chi connectivity index (χ3v) is 2.97. The Balaban J connectivity index is 3.63. The van der Waals surface area contributed by atoms with Crippen molar-refractivity contribution in [3.05, 3.63) is 0 Å². The van der Waals surface area contributed by atoms with Gasteiger partial charge in [-0.15, -0.1) is 0 Å². The summed E-state index contributed by atoms with van der Waals surface area (Å²) in [6.07, 6.45) is 0.933. The van der Waals surface area contributed by atoms with Crippen molar-refractivity contribution in [3.8, 4) is 0 Å². The zero-order chi connectivity index (χ0) is 13.3. The highest BCUT2D eigenvalue weighted by atomic mass is 31.1. The summed E-state index contributed by atoms with van der Waals surface area (Å²) in [7, 11) is 1.73. The maximum atomic E-state index is 11.4. The van der Waals surface area contributed by atoms with E-state index in [0.29, 0.717) is 6.61 Å². The molecule has 3 atom stereocenters. The second kappa shape index (κ2) is 9.77. The lowest BCUT2D eigenvalue weighted by atomic mass is 10.3. The molecule has 0 radical (unpaired) electrons. The fraction of sp³-hybridized carbons (Fsp3) is 0.909. The van der Waals surface area contributed by atoms with Crippen LogP contribution in [0.2, 0.25) is 0 Å². The normalized spacial score (nSPS) is 15.4. The van der Waals surface area contributed by atoms with Crippen molar-refractivity contribution in [2.45, 2.75) is 52.4 Å². The van der Waals surface area contributed by atoms with Crippen molar-refractivity contribution < 1.29 is 18.8 Å². The largest absolute Gasteiger partial charge is 0.462 e. The van der Waals surface area contributed by atoms with E-state index in [0.717, 1.165) is 6.42 Å². The van der Waals surface area contributed by atoms with E-state index in [9.17, 15) is 4.79 Å². The average molecular weight is 265 g/mol. The molecule has 0 aromatic rings. The first-order chi connectivity index (χ1) is 8.01. The van der Waals surface area contributed by atoms with Crippen molar-refractivity contribution in [2.75, 3.05) is 13.7 Å². The molecule has 0 rings (SSSR count). The topological polar surface area (TPSA) is 56.8 Å². The van der Waals surface area contributed by atoms with Crippen LogP contribution >= 0.6 is 8.96 Å². The number of carbonyl (C=O) groups is 1. The number of ether oxygens (including phenoxy) is 2. The molecule has 0 aromatic carbocycles. The molecule has 0 fully saturated rings. The maximum Gasteiger partial charge on any atom is 0.323 e. The average Bonchev–Trinajstić information content (AvgIpc) is 2.28. The summed E-state index contributed by atoms with van der Waals surface area (Å²) in [5.74, 6) is -0.255. The molecule has 0 aliphatic heterocycles. The van der Waals surface area contributed by atoms with Gasteiger partial charge < -0.3 is 14.0 Å². The van der Waals surface area contributed by atoms with Crippen LogP contribution in [0.5, 0.6) is 0 Å². The lowest BCUT2D eigenvalue weighted by Crippen LogP contribution is -2.32. The number of hydrogen-bond acceptors (Lipinski definition) is 5. The van der Waals surface area contributed by atoms with Crippen LogP contribution in [0.25, 0.3) is 0 Å². The van der Waals surface area contributed by atoms with E-state index in [4.69, 9.17) is 14.0 Å². The lowest BCUT2D eigenvalue weighted by Gasteiger charge is -2.16. The molecule has 0 aromatic heterocycles. The fourth-order valence-electron chi connectivity index (χ4n) is 1.01. The highest BCUT2D eigenvalue weighted by molar-refractivity contribution is 7.29. The van der Waals surface area contributed by atoms with Gasteiger partial charge in [0.15, 0.2) is 0 Å². The number of esters is 1. The molecule has 0 heterocycles. The van der Waals surface area contributed by atoms with E-state index in [1.807, 2.05) is 20.8 Å². The number of rotatable bonds is 9. The predicted molar refractivity (Wildman–Crippen MR) is 69.2 cm³/mol. The number of methoxy groups -OCH3 is 1. The summed E-state index contributed by atoms with van der Waals surface area (Å²) in [5.41, 5.74) is 0. The van der Waals surface area contributed by atoms with Crippen molar-refractivity contribution in [3.63, 3.8) is 0 Å². The van der Waals surface area contributed by atoms with Gasteiger partial charge in [-0.1, -0.05) is 6.92 Å². The molecule has 1 unspecified atom stereocenters. The minimum absolute atomic E-state index is 0.0699. The first-order valence-corrected chi connectivity index (χ1v) is 6.77. The van der Waals surface area contributed by atoms with E-state index in [1.54, 1.807) is 14.0 Å². The highest BCUT2D eigenvalue weighted by Crippen LogP contribution is 2.11. The maximum absolute atomic E-state index is 11.4. The zero-order valence-corrected chi connectivity index (χ0v) is 12.3. The molecule has 17 heavy (non-hydrogen) atoms. The lowest BCUT2D eigenvalue weighted by molar-refractivity contribution is -0.148. The Morgan fingerprint density at radius 2 is 2.00 bits per heavy atom. The van der Waals surface area contributed by atoms with Gasteiger partial charge >= 0.3 is 5.97 Å². The molecule has 0 aliphatic carbocycles. The molecule has 1 N–H and O–H groups in total. The Morgan fingerprint density at radius 1 is 1.35 bits per heavy atom. The van der Waals surface area contributed by atoms with E-state index in [1.165, 1.54) is 0 Å². The van der Waals surface area contributed by atoms with Crippen LogP contribution in [0.3, 0.4) is 0 Å². The summed E-state index contributed by atoms with van der Waals surface area (Å²) in [6.45, 7) is 7.98. The third kappa shape index (κ3) is 8.50. The summed E-state index contributed by atoms with van der Waals surface area (Å²) in [5, 5.41) is 2.97. The quantitative estimate of drug-likeness (QED) is 0.392. The summed E-state index contributed by atoms with van der Waals surface area (Å²) < 4.78 is 15.6. The van der Waals surface area contributed by atoms with Gasteiger partial charge in [-0.2, -0.15) is 0 Å². The van der Waals surface area contributed by atoms with Gasteiger partial charge in [0, 0.05) is 7.11 Å². The van der Waals surface area contributed by atoms with Crippen LogP contribution < -0.4 is 5.09 Å². The molecule has 0 amide bonds. The van der Waals surface area contributed by atoms with Crippen molar-refractivity contribution >= 4 is 14.9 Å². The standard InChI is InChI=1S/C11H24NO4P/c1-6-10(14-5)7-15-17-12-9(4)11(13)16-8(2)3/h8-10,12,17H,6-7H2,1-5H3/t9-,10+/m1/s1. The zero-order valence-electron chi connectivity index (χ0n) is 11.3. The smallest absolute Gasteiger partial charge is 0.323 e. The van der Waals surface area contributed by atoms with Crippen LogP contribution in [-0.4, -0.2) is 37.9 Å². The first-order valence-electron chi connectivity index (χ1n) is 5.86. The monoisotopic (exact) mass is 265 g/mol. The molecule has 0 bridgehead atoms. The SMILES string of the molecule is CC[C@@H](COPN[C@H](C)C(=O)OC(C)C)OC. The molecule has 0 saturated carbocycles. The van der Waals surface area contributed by atoms with Gasteiger partial charge in [0.2, 0.25) is 0 Å². The van der Waals surface area contributed by atoms with Crippen molar-refractivity contribution in [1.82, 2.24) is 5.09 Å². The van der Waals surface area contributed by atoms with Crippen LogP contribution in [0.15, 0.2) is 0 Å². The third-order valence-electron chi connectivity index (χ3n) is 2.11. The van der Waals surface area contributed by atoms with Gasteiger partial charge in [-0.05, 0) is 27.2 Å². The van der Waals surface area contributed by atoms with Crippen molar-refractivity contribution in [1.29, 1.82) is 0 Å². The Kier molecular flexibility index (Phi) is 9.65. The summed E-state index contributed by atoms with van der Waals surface area (Å²) in [6, 6.07) is -0.349. The van der Waals surface area contributed by atoms with Crippen LogP contribution in [-0.2, 0) is 18.8 Å². The van der Waals surface area contributed by atoms with Crippen LogP contribution in [0.4, 0.5) is 0 Å². The van der Waals surface area contributed by atoms with Gasteiger partial charge in [-0.25, -0.2) is 0 Å². The first kappa shape index (κ1) is 16.8. The van der Waals surface area contributed by atoms with Crippen LogP contribution in [0, 0.1) is 0 Å². The Morgan fingerprint density at radius 3 is 2.47 bits per heavy atom. The van der Waals surface area contributed by atoms with E-state index < -0.39 is 0 Å². The Bertz CT molecular complexity index is 210. The summed E-state index contributed by atoms with van der Waals surface area (Å²) >= 11 is 0. The predicted octanol–water partition coefficient (Wildman–Crippen LogP) is 1.87. The Labute approximate surface area is 105 Å². The number of hydrogen-bond donors (Lipinski definition) is 1. The number of nitrogens with one attached hydrogen (secondary N) is 1. The van der Waals surface area contributed by atoms with Gasteiger partial charge in [0.05, 0.1) is 27.8 Å². The molecule has 5 nitrogen and oxygen atoms in total.